The standard InChI is InChI=1S/C16H21N3O2/c20-10-12-4-3-6-13(12)18-16(21)8-9-19-11-17-14-5-1-2-7-15(14)19/h1-2,5,7,11-13,20H,3-4,6,8-10H2,(H,18,21). The summed E-state index contributed by atoms with van der Waals surface area (Å²) in [5, 5.41) is 12.3. The Morgan fingerprint density at radius 1 is 1.38 bits per heavy atom. The lowest BCUT2D eigenvalue weighted by Gasteiger charge is -2.19. The number of carbonyl (C=O) groups is 1. The van der Waals surface area contributed by atoms with E-state index in [1.54, 1.807) is 6.33 Å². The molecule has 1 heterocycles. The maximum absolute atomic E-state index is 12.1. The van der Waals surface area contributed by atoms with Crippen LogP contribution in [0.5, 0.6) is 0 Å². The Morgan fingerprint density at radius 3 is 3.10 bits per heavy atom. The summed E-state index contributed by atoms with van der Waals surface area (Å²) >= 11 is 0. The van der Waals surface area contributed by atoms with Gasteiger partial charge in [-0.05, 0) is 25.0 Å². The Bertz CT molecular complexity index is 623. The number of aryl methyl sites for hydroxylation is 1. The Morgan fingerprint density at radius 2 is 2.24 bits per heavy atom. The number of rotatable bonds is 5. The molecule has 0 aliphatic heterocycles. The number of nitrogens with one attached hydrogen (secondary N) is 1. The van der Waals surface area contributed by atoms with Gasteiger partial charge in [-0.25, -0.2) is 4.98 Å². The Kier molecular flexibility index (Phi) is 4.20. The molecule has 1 aromatic heterocycles. The topological polar surface area (TPSA) is 67.2 Å². The summed E-state index contributed by atoms with van der Waals surface area (Å²) in [4.78, 5) is 16.4. The molecule has 1 amide bonds. The predicted molar refractivity (Wildman–Crippen MR) is 80.7 cm³/mol. The van der Waals surface area contributed by atoms with Crippen molar-refractivity contribution in [2.24, 2.45) is 5.92 Å². The van der Waals surface area contributed by atoms with Crippen molar-refractivity contribution in [1.29, 1.82) is 0 Å². The maximum atomic E-state index is 12.1. The number of hydrogen-bond donors (Lipinski definition) is 2. The highest BCUT2D eigenvalue weighted by Crippen LogP contribution is 2.25. The molecule has 2 atom stereocenters. The third-order valence-corrected chi connectivity index (χ3v) is 4.35. The predicted octanol–water partition coefficient (Wildman–Crippen LogP) is 1.70. The van der Waals surface area contributed by atoms with Crippen molar-refractivity contribution in [1.82, 2.24) is 14.9 Å². The van der Waals surface area contributed by atoms with Crippen LogP contribution < -0.4 is 5.32 Å². The lowest BCUT2D eigenvalue weighted by Crippen LogP contribution is -2.38. The number of aromatic nitrogens is 2. The highest BCUT2D eigenvalue weighted by atomic mass is 16.3. The van der Waals surface area contributed by atoms with E-state index in [2.05, 4.69) is 10.3 Å². The second kappa shape index (κ2) is 6.26. The number of imidazole rings is 1. The van der Waals surface area contributed by atoms with Crippen molar-refractivity contribution < 1.29 is 9.90 Å². The quantitative estimate of drug-likeness (QED) is 0.879. The first-order chi connectivity index (χ1) is 10.3. The number of aliphatic hydroxyl groups excluding tert-OH is 1. The van der Waals surface area contributed by atoms with E-state index in [1.165, 1.54) is 0 Å². The van der Waals surface area contributed by atoms with E-state index in [-0.39, 0.29) is 24.5 Å². The number of nitrogens with zero attached hydrogens (tertiary/aromatic N) is 2. The fourth-order valence-electron chi connectivity index (χ4n) is 3.13. The number of carbonyl (C=O) groups excluding carboxylic acids is 1. The molecule has 1 saturated carbocycles. The normalized spacial score (nSPS) is 21.8. The molecular weight excluding hydrogens is 266 g/mol. The maximum Gasteiger partial charge on any atom is 0.222 e. The fraction of sp³-hybridized carbons (Fsp3) is 0.500. The van der Waals surface area contributed by atoms with Gasteiger partial charge in [-0.1, -0.05) is 18.6 Å². The van der Waals surface area contributed by atoms with Crippen molar-refractivity contribution in [3.05, 3.63) is 30.6 Å². The second-order valence-electron chi connectivity index (χ2n) is 5.72. The molecule has 5 nitrogen and oxygen atoms in total. The number of amides is 1. The van der Waals surface area contributed by atoms with Gasteiger partial charge in [-0.15, -0.1) is 0 Å². The van der Waals surface area contributed by atoms with Gasteiger partial charge in [0, 0.05) is 31.5 Å². The van der Waals surface area contributed by atoms with Gasteiger partial charge in [0.05, 0.1) is 17.4 Å². The minimum Gasteiger partial charge on any atom is -0.396 e. The van der Waals surface area contributed by atoms with Gasteiger partial charge in [-0.2, -0.15) is 0 Å². The molecule has 0 saturated heterocycles. The first kappa shape index (κ1) is 14.1. The number of hydrogen-bond acceptors (Lipinski definition) is 3. The molecule has 3 rings (SSSR count). The summed E-state index contributed by atoms with van der Waals surface area (Å²) in [6.45, 7) is 0.792. The van der Waals surface area contributed by atoms with Crippen LogP contribution in [0.15, 0.2) is 30.6 Å². The van der Waals surface area contributed by atoms with E-state index in [0.29, 0.717) is 13.0 Å². The van der Waals surface area contributed by atoms with E-state index in [4.69, 9.17) is 0 Å². The van der Waals surface area contributed by atoms with Crippen LogP contribution in [-0.4, -0.2) is 33.2 Å². The van der Waals surface area contributed by atoms with Gasteiger partial charge in [0.1, 0.15) is 0 Å². The molecule has 0 spiro atoms. The molecule has 1 aliphatic carbocycles. The van der Waals surface area contributed by atoms with Gasteiger partial charge < -0.3 is 15.0 Å². The smallest absolute Gasteiger partial charge is 0.222 e. The van der Waals surface area contributed by atoms with Crippen LogP contribution in [0, 0.1) is 5.92 Å². The van der Waals surface area contributed by atoms with Crippen LogP contribution in [0.25, 0.3) is 11.0 Å². The third kappa shape index (κ3) is 3.08. The number of benzene rings is 1. The third-order valence-electron chi connectivity index (χ3n) is 4.35. The summed E-state index contributed by atoms with van der Waals surface area (Å²) in [6, 6.07) is 8.06. The average molecular weight is 287 g/mol. The largest absolute Gasteiger partial charge is 0.396 e. The minimum absolute atomic E-state index is 0.0538. The molecule has 0 bridgehead atoms. The number of para-hydroxylation sites is 2. The molecule has 2 N–H and O–H groups in total. The second-order valence-corrected chi connectivity index (χ2v) is 5.72. The van der Waals surface area contributed by atoms with Crippen LogP contribution in [0.4, 0.5) is 0 Å². The molecule has 2 unspecified atom stereocenters. The minimum atomic E-state index is 0.0538. The molecule has 1 fully saturated rings. The SMILES string of the molecule is O=C(CCn1cnc2ccccc21)NC1CCCC1CO. The van der Waals surface area contributed by atoms with Crippen molar-refractivity contribution in [3.63, 3.8) is 0 Å². The highest BCUT2D eigenvalue weighted by Gasteiger charge is 2.27. The van der Waals surface area contributed by atoms with E-state index >= 15 is 0 Å². The molecule has 112 valence electrons. The molecule has 1 aliphatic rings. The van der Waals surface area contributed by atoms with Crippen molar-refractivity contribution >= 4 is 16.9 Å². The van der Waals surface area contributed by atoms with Gasteiger partial charge in [0.25, 0.3) is 0 Å². The van der Waals surface area contributed by atoms with E-state index in [0.717, 1.165) is 30.3 Å². The zero-order valence-electron chi connectivity index (χ0n) is 12.0. The molecule has 1 aromatic carbocycles. The molecular formula is C16H21N3O2. The van der Waals surface area contributed by atoms with Gasteiger partial charge in [0.2, 0.25) is 5.91 Å². The van der Waals surface area contributed by atoms with Crippen molar-refractivity contribution in [2.45, 2.75) is 38.3 Å². The van der Waals surface area contributed by atoms with Gasteiger partial charge >= 0.3 is 0 Å². The molecule has 21 heavy (non-hydrogen) atoms. The van der Waals surface area contributed by atoms with E-state index in [1.807, 2.05) is 28.8 Å². The lowest BCUT2D eigenvalue weighted by atomic mass is 10.1. The summed E-state index contributed by atoms with van der Waals surface area (Å²) < 4.78 is 2.01. The van der Waals surface area contributed by atoms with Crippen LogP contribution in [0.3, 0.4) is 0 Å². The molecule has 0 radical (unpaired) electrons. The Balaban J connectivity index is 1.56. The summed E-state index contributed by atoms with van der Waals surface area (Å²) in [6.07, 6.45) is 5.29. The Labute approximate surface area is 124 Å². The highest BCUT2D eigenvalue weighted by molar-refractivity contribution is 5.77. The summed E-state index contributed by atoms with van der Waals surface area (Å²) in [5.41, 5.74) is 2.01. The summed E-state index contributed by atoms with van der Waals surface area (Å²) in [5.74, 6) is 0.279. The van der Waals surface area contributed by atoms with Gasteiger partial charge in [0.15, 0.2) is 0 Å². The van der Waals surface area contributed by atoms with E-state index in [9.17, 15) is 9.90 Å². The monoisotopic (exact) mass is 287 g/mol. The van der Waals surface area contributed by atoms with Crippen LogP contribution in [-0.2, 0) is 11.3 Å². The lowest BCUT2D eigenvalue weighted by molar-refractivity contribution is -0.122. The summed E-state index contributed by atoms with van der Waals surface area (Å²) in [7, 11) is 0. The van der Waals surface area contributed by atoms with Crippen LogP contribution in [0.2, 0.25) is 0 Å². The van der Waals surface area contributed by atoms with Crippen molar-refractivity contribution in [3.8, 4) is 0 Å². The van der Waals surface area contributed by atoms with E-state index < -0.39 is 0 Å². The van der Waals surface area contributed by atoms with Crippen LogP contribution >= 0.6 is 0 Å². The fourth-order valence-corrected chi connectivity index (χ4v) is 3.13. The number of fused-ring (bicyclic) bond motifs is 1. The number of aliphatic hydroxyl groups is 1. The molecule has 5 heteroatoms. The zero-order chi connectivity index (χ0) is 14.7. The molecule has 2 aromatic rings. The van der Waals surface area contributed by atoms with Crippen molar-refractivity contribution in [2.75, 3.05) is 6.61 Å². The van der Waals surface area contributed by atoms with Gasteiger partial charge in [-0.3, -0.25) is 4.79 Å². The first-order valence-corrected chi connectivity index (χ1v) is 7.58. The first-order valence-electron chi connectivity index (χ1n) is 7.58. The average Bonchev–Trinajstić information content (AvgIpc) is 3.11. The zero-order valence-corrected chi connectivity index (χ0v) is 12.0. The Hall–Kier alpha value is -1.88. The van der Waals surface area contributed by atoms with Crippen LogP contribution in [0.1, 0.15) is 25.7 Å².